The van der Waals surface area contributed by atoms with Crippen LogP contribution in [0.3, 0.4) is 0 Å². The zero-order valence-electron chi connectivity index (χ0n) is 25.0. The lowest BCUT2D eigenvalue weighted by molar-refractivity contribution is -0.143. The molecule has 2 heterocycles. The SMILES string of the molecule is C=CCC1(CC=C)C[C@H]2[C@H](c3ccccc3C)N(C(=O)N(C)[C@H](CC)c3cc(C(F)(F)F)cc(C(F)(F)F)c3)CCN2C1=O. The summed E-state index contributed by atoms with van der Waals surface area (Å²) >= 11 is 0. The molecule has 2 fully saturated rings. The van der Waals surface area contributed by atoms with Crippen LogP contribution in [0.5, 0.6) is 0 Å². The van der Waals surface area contributed by atoms with Crippen LogP contribution in [0.2, 0.25) is 0 Å². The third-order valence-corrected chi connectivity index (χ3v) is 8.97. The van der Waals surface area contributed by atoms with E-state index < -0.39 is 53.1 Å². The van der Waals surface area contributed by atoms with Crippen molar-refractivity contribution in [1.82, 2.24) is 14.7 Å². The number of fused-ring (bicyclic) bond motifs is 1. The van der Waals surface area contributed by atoms with Gasteiger partial charge in [-0.25, -0.2) is 4.79 Å². The summed E-state index contributed by atoms with van der Waals surface area (Å²) in [5.41, 5.74) is -2.19. The van der Waals surface area contributed by atoms with Gasteiger partial charge in [-0.2, -0.15) is 26.3 Å². The van der Waals surface area contributed by atoms with Gasteiger partial charge in [0.25, 0.3) is 0 Å². The van der Waals surface area contributed by atoms with Crippen LogP contribution in [0.1, 0.15) is 72.5 Å². The van der Waals surface area contributed by atoms with Gasteiger partial charge in [0.05, 0.1) is 34.7 Å². The Morgan fingerprint density at radius 3 is 2.09 bits per heavy atom. The van der Waals surface area contributed by atoms with Crippen LogP contribution >= 0.6 is 0 Å². The van der Waals surface area contributed by atoms with Crippen molar-refractivity contribution < 1.29 is 35.9 Å². The first kappa shape index (κ1) is 33.1. The Bertz CT molecular complexity index is 1380. The van der Waals surface area contributed by atoms with Gasteiger partial charge >= 0.3 is 18.4 Å². The van der Waals surface area contributed by atoms with Gasteiger partial charge in [-0.15, -0.1) is 13.2 Å². The summed E-state index contributed by atoms with van der Waals surface area (Å²) in [6, 6.07) is 6.30. The fourth-order valence-electron chi connectivity index (χ4n) is 6.89. The number of allylic oxidation sites excluding steroid dienone is 2. The normalized spacial score (nSPS) is 20.7. The zero-order chi connectivity index (χ0) is 32.6. The molecule has 2 saturated heterocycles. The van der Waals surface area contributed by atoms with Crippen molar-refractivity contribution in [3.8, 4) is 0 Å². The Labute approximate surface area is 253 Å². The van der Waals surface area contributed by atoms with Crippen molar-refractivity contribution in [1.29, 1.82) is 0 Å². The highest BCUT2D eigenvalue weighted by atomic mass is 19.4. The largest absolute Gasteiger partial charge is 0.416 e. The van der Waals surface area contributed by atoms with Crippen LogP contribution < -0.4 is 0 Å². The number of urea groups is 1. The van der Waals surface area contributed by atoms with Crippen molar-refractivity contribution in [2.24, 2.45) is 5.41 Å². The molecule has 238 valence electrons. The predicted octanol–water partition coefficient (Wildman–Crippen LogP) is 8.33. The molecule has 0 unspecified atom stereocenters. The van der Waals surface area contributed by atoms with Gasteiger partial charge in [0.2, 0.25) is 5.91 Å². The third-order valence-electron chi connectivity index (χ3n) is 8.97. The van der Waals surface area contributed by atoms with Gasteiger partial charge in [-0.3, -0.25) is 4.79 Å². The maximum atomic E-state index is 14.3. The Balaban J connectivity index is 1.77. The number of halogens is 6. The van der Waals surface area contributed by atoms with Crippen molar-refractivity contribution >= 4 is 11.9 Å². The maximum absolute atomic E-state index is 14.3. The highest BCUT2D eigenvalue weighted by Crippen LogP contribution is 2.50. The summed E-state index contributed by atoms with van der Waals surface area (Å²) in [5.74, 6) is -0.0450. The fraction of sp³-hybridized carbons (Fsp3) is 0.455. The van der Waals surface area contributed by atoms with Gasteiger partial charge < -0.3 is 14.7 Å². The fourth-order valence-corrected chi connectivity index (χ4v) is 6.89. The van der Waals surface area contributed by atoms with Crippen molar-refractivity contribution in [2.45, 2.75) is 70.0 Å². The molecule has 0 radical (unpaired) electrons. The van der Waals surface area contributed by atoms with Crippen LogP contribution in [0, 0.1) is 12.3 Å². The molecule has 0 aliphatic carbocycles. The molecule has 0 saturated carbocycles. The highest BCUT2D eigenvalue weighted by Gasteiger charge is 2.56. The number of alkyl halides is 6. The lowest BCUT2D eigenvalue weighted by Gasteiger charge is -2.47. The third kappa shape index (κ3) is 6.10. The summed E-state index contributed by atoms with van der Waals surface area (Å²) in [6.07, 6.45) is -5.27. The van der Waals surface area contributed by atoms with Crippen LogP contribution in [0.25, 0.3) is 0 Å². The van der Waals surface area contributed by atoms with Crippen molar-refractivity contribution in [3.63, 3.8) is 0 Å². The number of nitrogens with zero attached hydrogens (tertiary/aromatic N) is 3. The van der Waals surface area contributed by atoms with Crippen molar-refractivity contribution in [2.75, 3.05) is 20.1 Å². The predicted molar refractivity (Wildman–Crippen MR) is 155 cm³/mol. The lowest BCUT2D eigenvalue weighted by Crippen LogP contribution is -2.57. The van der Waals surface area contributed by atoms with Gasteiger partial charge in [0, 0.05) is 20.1 Å². The molecule has 11 heteroatoms. The molecular formula is C33H37F6N3O2. The minimum Gasteiger partial charge on any atom is -0.335 e. The topological polar surface area (TPSA) is 43.9 Å². The molecule has 2 aromatic rings. The molecule has 4 rings (SSSR count). The highest BCUT2D eigenvalue weighted by molar-refractivity contribution is 5.87. The molecule has 0 bridgehead atoms. The zero-order valence-corrected chi connectivity index (χ0v) is 25.0. The summed E-state index contributed by atoms with van der Waals surface area (Å²) in [4.78, 5) is 32.7. The average Bonchev–Trinajstić information content (AvgIpc) is 3.23. The Morgan fingerprint density at radius 2 is 1.59 bits per heavy atom. The maximum Gasteiger partial charge on any atom is 0.416 e. The number of aryl methyl sites for hydroxylation is 1. The number of hydrogen-bond donors (Lipinski definition) is 0. The molecule has 3 atom stereocenters. The number of piperazine rings is 1. The Morgan fingerprint density at radius 1 is 1.02 bits per heavy atom. The van der Waals surface area contributed by atoms with E-state index in [1.807, 2.05) is 31.2 Å². The number of amides is 3. The number of benzene rings is 2. The van der Waals surface area contributed by atoms with Gasteiger partial charge in [0.15, 0.2) is 0 Å². The van der Waals surface area contributed by atoms with E-state index >= 15 is 0 Å². The summed E-state index contributed by atoms with van der Waals surface area (Å²) in [7, 11) is 1.39. The smallest absolute Gasteiger partial charge is 0.335 e. The number of hydrogen-bond acceptors (Lipinski definition) is 2. The lowest BCUT2D eigenvalue weighted by atomic mass is 9.76. The van der Waals surface area contributed by atoms with E-state index in [4.69, 9.17) is 0 Å². The van der Waals surface area contributed by atoms with Crippen LogP contribution in [0.4, 0.5) is 31.1 Å². The molecule has 2 aliphatic heterocycles. The second-order valence-electron chi connectivity index (χ2n) is 11.7. The van der Waals surface area contributed by atoms with E-state index in [0.717, 1.165) is 11.1 Å². The van der Waals surface area contributed by atoms with Crippen LogP contribution in [-0.2, 0) is 17.1 Å². The molecule has 5 nitrogen and oxygen atoms in total. The standard InChI is InChI=1S/C33H37F6N3O2/c1-6-13-31(14-7-2)20-27-28(25-12-10-9-11-21(25)4)42(16-15-41(27)29(31)43)30(44)40(5)26(8-3)22-17-23(32(34,35)36)19-24(18-22)33(37,38)39/h6-7,9-12,17-19,26-28H,1-2,8,13-16,20H2,3-5H3/t26-,27+,28+/m1/s1. The minimum absolute atomic E-state index is 0.0450. The summed E-state index contributed by atoms with van der Waals surface area (Å²) in [5, 5.41) is 0. The summed E-state index contributed by atoms with van der Waals surface area (Å²) in [6.45, 7) is 11.6. The molecule has 44 heavy (non-hydrogen) atoms. The molecule has 0 aromatic heterocycles. The van der Waals surface area contributed by atoms with E-state index in [1.165, 1.54) is 11.9 Å². The van der Waals surface area contributed by atoms with E-state index in [1.54, 1.807) is 28.9 Å². The number of carbonyl (C=O) groups excluding carboxylic acids is 2. The van der Waals surface area contributed by atoms with Gasteiger partial charge in [-0.1, -0.05) is 43.3 Å². The van der Waals surface area contributed by atoms with E-state index in [-0.39, 0.29) is 37.0 Å². The second-order valence-corrected chi connectivity index (χ2v) is 11.7. The quantitative estimate of drug-likeness (QED) is 0.220. The average molecular weight is 622 g/mol. The van der Waals surface area contributed by atoms with Crippen LogP contribution in [0.15, 0.2) is 67.8 Å². The molecule has 3 amide bonds. The second kappa shape index (κ2) is 12.3. The Kier molecular flexibility index (Phi) is 9.28. The van der Waals surface area contributed by atoms with Crippen molar-refractivity contribution in [3.05, 3.63) is 95.6 Å². The molecule has 0 spiro atoms. The monoisotopic (exact) mass is 621 g/mol. The first-order valence-electron chi connectivity index (χ1n) is 14.5. The number of rotatable bonds is 8. The first-order valence-corrected chi connectivity index (χ1v) is 14.5. The molecule has 0 N–H and O–H groups in total. The van der Waals surface area contributed by atoms with E-state index in [2.05, 4.69) is 13.2 Å². The minimum atomic E-state index is -5.01. The Hall–Kier alpha value is -3.76. The van der Waals surface area contributed by atoms with Gasteiger partial charge in [-0.05, 0) is 67.5 Å². The molecule has 2 aromatic carbocycles. The first-order chi connectivity index (χ1) is 20.6. The summed E-state index contributed by atoms with van der Waals surface area (Å²) < 4.78 is 82.0. The van der Waals surface area contributed by atoms with E-state index in [9.17, 15) is 35.9 Å². The van der Waals surface area contributed by atoms with Gasteiger partial charge in [0.1, 0.15) is 0 Å². The van der Waals surface area contributed by atoms with Crippen LogP contribution in [-0.4, -0.2) is 52.8 Å². The molecular weight excluding hydrogens is 584 g/mol. The molecule has 2 aliphatic rings. The number of carbonyl (C=O) groups is 2. The van der Waals surface area contributed by atoms with E-state index in [0.29, 0.717) is 31.4 Å².